The fourth-order valence-corrected chi connectivity index (χ4v) is 2.31. The average molecular weight is 285 g/mol. The fraction of sp³-hybridized carbons (Fsp3) is 0.769. The van der Waals surface area contributed by atoms with E-state index in [1.54, 1.807) is 9.80 Å². The quantitative estimate of drug-likeness (QED) is 0.769. The zero-order valence-electron chi connectivity index (χ0n) is 12.3. The Balaban J connectivity index is 2.57. The first-order chi connectivity index (χ1) is 9.31. The fourth-order valence-electron chi connectivity index (χ4n) is 2.31. The van der Waals surface area contributed by atoms with Crippen LogP contribution in [0.1, 0.15) is 33.6 Å². The van der Waals surface area contributed by atoms with Crippen molar-refractivity contribution < 1.29 is 19.5 Å². The first kappa shape index (κ1) is 16.3. The first-order valence-electron chi connectivity index (χ1n) is 6.85. The highest BCUT2D eigenvalue weighted by Crippen LogP contribution is 2.14. The van der Waals surface area contributed by atoms with Crippen LogP contribution >= 0.6 is 0 Å². The molecule has 0 bridgehead atoms. The molecule has 0 spiro atoms. The van der Waals surface area contributed by atoms with Crippen LogP contribution in [0.3, 0.4) is 0 Å². The predicted octanol–water partition coefficient (Wildman–Crippen LogP) is 0.502. The van der Waals surface area contributed by atoms with Gasteiger partial charge in [-0.1, -0.05) is 0 Å². The van der Waals surface area contributed by atoms with Crippen LogP contribution in [0.4, 0.5) is 4.79 Å². The third-order valence-electron chi connectivity index (χ3n) is 3.30. The van der Waals surface area contributed by atoms with E-state index < -0.39 is 5.97 Å². The van der Waals surface area contributed by atoms with Crippen molar-refractivity contribution in [1.82, 2.24) is 15.1 Å². The summed E-state index contributed by atoms with van der Waals surface area (Å²) in [5.74, 6) is -1.02. The molecular formula is C13H23N3O4. The van der Waals surface area contributed by atoms with E-state index >= 15 is 0 Å². The number of carboxylic acids is 1. The molecule has 0 saturated carbocycles. The number of amides is 3. The summed E-state index contributed by atoms with van der Waals surface area (Å²) in [6.07, 6.45) is 0.670. The molecule has 1 fully saturated rings. The van der Waals surface area contributed by atoms with E-state index in [9.17, 15) is 14.4 Å². The maximum absolute atomic E-state index is 12.4. The summed E-state index contributed by atoms with van der Waals surface area (Å²) in [6, 6.07) is -0.222. The number of carboxylic acid groups (broad SMARTS) is 1. The van der Waals surface area contributed by atoms with E-state index in [4.69, 9.17) is 5.11 Å². The maximum atomic E-state index is 12.4. The molecule has 1 atom stereocenters. The molecule has 2 N–H and O–H groups in total. The molecule has 1 heterocycles. The smallest absolute Gasteiger partial charge is 0.320 e. The number of nitrogens with zero attached hydrogens (tertiary/aromatic N) is 2. The number of carbonyl (C=O) groups is 3. The normalized spacial score (nSPS) is 18.2. The number of hydrogen-bond donors (Lipinski definition) is 2. The molecule has 114 valence electrons. The number of hydrogen-bond acceptors (Lipinski definition) is 3. The Morgan fingerprint density at radius 3 is 2.55 bits per heavy atom. The van der Waals surface area contributed by atoms with Crippen molar-refractivity contribution in [3.8, 4) is 0 Å². The predicted molar refractivity (Wildman–Crippen MR) is 73.3 cm³/mol. The monoisotopic (exact) mass is 285 g/mol. The summed E-state index contributed by atoms with van der Waals surface area (Å²) in [7, 11) is 0. The van der Waals surface area contributed by atoms with Crippen molar-refractivity contribution in [2.75, 3.05) is 19.6 Å². The van der Waals surface area contributed by atoms with Crippen molar-refractivity contribution in [2.45, 2.75) is 45.7 Å². The van der Waals surface area contributed by atoms with Gasteiger partial charge in [0.15, 0.2) is 0 Å². The lowest BCUT2D eigenvalue weighted by molar-refractivity contribution is -0.137. The van der Waals surface area contributed by atoms with Gasteiger partial charge in [-0.15, -0.1) is 0 Å². The van der Waals surface area contributed by atoms with Gasteiger partial charge in [-0.2, -0.15) is 0 Å². The van der Waals surface area contributed by atoms with Crippen LogP contribution in [0.25, 0.3) is 0 Å². The minimum atomic E-state index is -0.916. The lowest BCUT2D eigenvalue weighted by Crippen LogP contribution is -2.47. The largest absolute Gasteiger partial charge is 0.481 e. The Kier molecular flexibility index (Phi) is 5.79. The van der Waals surface area contributed by atoms with Gasteiger partial charge in [-0.3, -0.25) is 9.59 Å². The molecule has 1 aliphatic heterocycles. The molecule has 0 aromatic rings. The van der Waals surface area contributed by atoms with Crippen molar-refractivity contribution in [3.05, 3.63) is 0 Å². The van der Waals surface area contributed by atoms with Gasteiger partial charge < -0.3 is 20.2 Å². The van der Waals surface area contributed by atoms with Crippen LogP contribution < -0.4 is 5.32 Å². The van der Waals surface area contributed by atoms with Gasteiger partial charge in [-0.05, 0) is 20.3 Å². The topological polar surface area (TPSA) is 90.0 Å². The van der Waals surface area contributed by atoms with Gasteiger partial charge in [-0.25, -0.2) is 4.79 Å². The number of aliphatic carboxylic acids is 1. The van der Waals surface area contributed by atoms with E-state index in [1.165, 1.54) is 6.92 Å². The summed E-state index contributed by atoms with van der Waals surface area (Å²) >= 11 is 0. The second-order valence-electron chi connectivity index (χ2n) is 5.35. The van der Waals surface area contributed by atoms with Gasteiger partial charge >= 0.3 is 12.0 Å². The number of rotatable bonds is 5. The zero-order valence-corrected chi connectivity index (χ0v) is 12.3. The van der Waals surface area contributed by atoms with Gasteiger partial charge in [0.05, 0.1) is 6.42 Å². The standard InChI is InChI=1S/C13H23N3O4/c1-9(2)16(7-5-12(18)19)13(20)15-6-4-11(8-15)14-10(3)17/h9,11H,4-8H2,1-3H3,(H,14,17)(H,18,19). The van der Waals surface area contributed by atoms with Gasteiger partial charge in [0.25, 0.3) is 0 Å². The third kappa shape index (κ3) is 4.71. The number of nitrogens with one attached hydrogen (secondary N) is 1. The van der Waals surface area contributed by atoms with Crippen LogP contribution in [-0.4, -0.2) is 64.5 Å². The SMILES string of the molecule is CC(=O)NC1CCN(C(=O)N(CCC(=O)O)C(C)C)C1. The van der Waals surface area contributed by atoms with Crippen LogP contribution in [0.2, 0.25) is 0 Å². The van der Waals surface area contributed by atoms with Gasteiger partial charge in [0.2, 0.25) is 5.91 Å². The lowest BCUT2D eigenvalue weighted by atomic mass is 10.2. The lowest BCUT2D eigenvalue weighted by Gasteiger charge is -2.31. The van der Waals surface area contributed by atoms with Crippen molar-refractivity contribution in [2.24, 2.45) is 0 Å². The molecule has 0 aromatic heterocycles. The molecule has 0 aliphatic carbocycles. The van der Waals surface area contributed by atoms with Crippen LogP contribution in [0, 0.1) is 0 Å². The molecule has 3 amide bonds. The molecule has 1 aliphatic rings. The first-order valence-corrected chi connectivity index (χ1v) is 6.85. The maximum Gasteiger partial charge on any atom is 0.320 e. The van der Waals surface area contributed by atoms with Gasteiger partial charge in [0.1, 0.15) is 0 Å². The van der Waals surface area contributed by atoms with E-state index in [0.29, 0.717) is 13.1 Å². The second kappa shape index (κ2) is 7.12. The molecule has 7 heteroatoms. The molecule has 1 unspecified atom stereocenters. The molecular weight excluding hydrogens is 262 g/mol. The molecule has 7 nitrogen and oxygen atoms in total. The minimum Gasteiger partial charge on any atom is -0.481 e. The summed E-state index contributed by atoms with van der Waals surface area (Å²) < 4.78 is 0. The third-order valence-corrected chi connectivity index (χ3v) is 3.30. The van der Waals surface area contributed by atoms with Crippen molar-refractivity contribution in [3.63, 3.8) is 0 Å². The molecule has 0 radical (unpaired) electrons. The molecule has 1 rings (SSSR count). The summed E-state index contributed by atoms with van der Waals surface area (Å²) in [4.78, 5) is 37.3. The van der Waals surface area contributed by atoms with E-state index in [0.717, 1.165) is 6.42 Å². The average Bonchev–Trinajstić information content (AvgIpc) is 2.75. The highest BCUT2D eigenvalue weighted by molar-refractivity contribution is 5.77. The number of likely N-dealkylation sites (tertiary alicyclic amines) is 1. The van der Waals surface area contributed by atoms with Crippen LogP contribution in [0.15, 0.2) is 0 Å². The van der Waals surface area contributed by atoms with Crippen LogP contribution in [0.5, 0.6) is 0 Å². The Bertz CT molecular complexity index is 384. The molecule has 20 heavy (non-hydrogen) atoms. The molecule has 0 aromatic carbocycles. The number of urea groups is 1. The zero-order chi connectivity index (χ0) is 15.3. The van der Waals surface area contributed by atoms with Gasteiger partial charge in [0, 0.05) is 38.6 Å². The Hall–Kier alpha value is -1.79. The van der Waals surface area contributed by atoms with E-state index in [2.05, 4.69) is 5.32 Å². The Morgan fingerprint density at radius 2 is 2.05 bits per heavy atom. The van der Waals surface area contributed by atoms with Crippen molar-refractivity contribution >= 4 is 17.9 Å². The Morgan fingerprint density at radius 1 is 1.40 bits per heavy atom. The highest BCUT2D eigenvalue weighted by Gasteiger charge is 2.30. The second-order valence-corrected chi connectivity index (χ2v) is 5.35. The van der Waals surface area contributed by atoms with E-state index in [1.807, 2.05) is 13.8 Å². The van der Waals surface area contributed by atoms with Crippen LogP contribution in [-0.2, 0) is 9.59 Å². The summed E-state index contributed by atoms with van der Waals surface area (Å²) in [5, 5.41) is 11.5. The van der Waals surface area contributed by atoms with E-state index in [-0.39, 0.29) is 37.0 Å². The Labute approximate surface area is 118 Å². The number of carbonyl (C=O) groups excluding carboxylic acids is 2. The summed E-state index contributed by atoms with van der Waals surface area (Å²) in [5.41, 5.74) is 0. The molecule has 1 saturated heterocycles. The minimum absolute atomic E-state index is 0.00932. The summed E-state index contributed by atoms with van der Waals surface area (Å²) in [6.45, 7) is 6.45. The van der Waals surface area contributed by atoms with Crippen molar-refractivity contribution in [1.29, 1.82) is 0 Å². The highest BCUT2D eigenvalue weighted by atomic mass is 16.4.